The zero-order valence-corrected chi connectivity index (χ0v) is 10.5. The number of carbonyl (C=O) groups is 1. The van der Waals surface area contributed by atoms with Crippen molar-refractivity contribution < 1.29 is 4.79 Å². The molecule has 4 nitrogen and oxygen atoms in total. The number of amides is 1. The Labute approximate surface area is 106 Å². The molecule has 0 aliphatic carbocycles. The summed E-state index contributed by atoms with van der Waals surface area (Å²) in [6.07, 6.45) is 3.87. The van der Waals surface area contributed by atoms with Crippen LogP contribution in [-0.2, 0) is 4.79 Å². The predicted octanol–water partition coefficient (Wildman–Crippen LogP) is 2.29. The molecule has 0 radical (unpaired) electrons. The van der Waals surface area contributed by atoms with E-state index in [9.17, 15) is 4.79 Å². The summed E-state index contributed by atoms with van der Waals surface area (Å²) in [5.41, 5.74) is 2.22. The van der Waals surface area contributed by atoms with Crippen LogP contribution in [0.1, 0.15) is 31.4 Å². The number of likely N-dealkylation sites (tertiary alicyclic amines) is 1. The van der Waals surface area contributed by atoms with Gasteiger partial charge in [-0.15, -0.1) is 0 Å². The standard InChI is InChI=1S/C14H17N3O/c1-10(18)17-7-4-11(5-8-17)13-9-12-3-2-6-15-14(12)16-13/h2-3,6,9,11H,4-5,7-8H2,1H3,(H,15,16). The van der Waals surface area contributed by atoms with Crippen molar-refractivity contribution in [3.63, 3.8) is 0 Å². The summed E-state index contributed by atoms with van der Waals surface area (Å²) in [5, 5.41) is 1.17. The van der Waals surface area contributed by atoms with Crippen LogP contribution in [0.25, 0.3) is 11.0 Å². The fourth-order valence-electron chi connectivity index (χ4n) is 2.70. The molecular formula is C14H17N3O. The summed E-state index contributed by atoms with van der Waals surface area (Å²) in [5.74, 6) is 0.710. The maximum atomic E-state index is 11.3. The van der Waals surface area contributed by atoms with E-state index in [1.165, 1.54) is 11.1 Å². The lowest BCUT2D eigenvalue weighted by atomic mass is 9.93. The van der Waals surface area contributed by atoms with Crippen molar-refractivity contribution in [3.05, 3.63) is 30.1 Å². The van der Waals surface area contributed by atoms with Crippen molar-refractivity contribution in [2.45, 2.75) is 25.7 Å². The molecule has 0 aromatic carbocycles. The smallest absolute Gasteiger partial charge is 0.219 e. The number of aromatic amines is 1. The van der Waals surface area contributed by atoms with Gasteiger partial charge < -0.3 is 9.88 Å². The molecule has 94 valence electrons. The summed E-state index contributed by atoms with van der Waals surface area (Å²) < 4.78 is 0. The second-order valence-corrected chi connectivity index (χ2v) is 4.95. The second kappa shape index (κ2) is 4.44. The fourth-order valence-corrected chi connectivity index (χ4v) is 2.70. The van der Waals surface area contributed by atoms with Crippen molar-refractivity contribution >= 4 is 16.9 Å². The average Bonchev–Trinajstić information content (AvgIpc) is 2.82. The number of H-pyrrole nitrogens is 1. The van der Waals surface area contributed by atoms with Crippen LogP contribution in [0.3, 0.4) is 0 Å². The van der Waals surface area contributed by atoms with E-state index in [-0.39, 0.29) is 5.91 Å². The molecule has 18 heavy (non-hydrogen) atoms. The maximum absolute atomic E-state index is 11.3. The first-order valence-corrected chi connectivity index (χ1v) is 6.43. The van der Waals surface area contributed by atoms with Crippen molar-refractivity contribution in [2.24, 2.45) is 0 Å². The first-order chi connectivity index (χ1) is 8.74. The van der Waals surface area contributed by atoms with E-state index >= 15 is 0 Å². The minimum Gasteiger partial charge on any atom is -0.343 e. The van der Waals surface area contributed by atoms with Gasteiger partial charge in [-0.1, -0.05) is 0 Å². The monoisotopic (exact) mass is 243 g/mol. The molecule has 2 aromatic heterocycles. The third-order valence-corrected chi connectivity index (χ3v) is 3.79. The molecular weight excluding hydrogens is 226 g/mol. The minimum atomic E-state index is 0.187. The van der Waals surface area contributed by atoms with Gasteiger partial charge in [0.2, 0.25) is 5.91 Å². The largest absolute Gasteiger partial charge is 0.343 e. The van der Waals surface area contributed by atoms with Crippen LogP contribution in [0.4, 0.5) is 0 Å². The molecule has 4 heteroatoms. The zero-order chi connectivity index (χ0) is 12.5. The summed E-state index contributed by atoms with van der Waals surface area (Å²) >= 11 is 0. The van der Waals surface area contributed by atoms with Crippen LogP contribution >= 0.6 is 0 Å². The van der Waals surface area contributed by atoms with Gasteiger partial charge in [0.25, 0.3) is 0 Å². The molecule has 1 fully saturated rings. The number of fused-ring (bicyclic) bond motifs is 1. The van der Waals surface area contributed by atoms with Crippen LogP contribution in [0.5, 0.6) is 0 Å². The predicted molar refractivity (Wildman–Crippen MR) is 70.3 cm³/mol. The normalized spacial score (nSPS) is 17.3. The molecule has 0 unspecified atom stereocenters. The number of hydrogen-bond donors (Lipinski definition) is 1. The first kappa shape index (κ1) is 11.3. The molecule has 3 heterocycles. The number of rotatable bonds is 1. The Morgan fingerprint density at radius 1 is 1.44 bits per heavy atom. The minimum absolute atomic E-state index is 0.187. The molecule has 0 saturated carbocycles. The van der Waals surface area contributed by atoms with Crippen LogP contribution < -0.4 is 0 Å². The third kappa shape index (κ3) is 1.98. The van der Waals surface area contributed by atoms with E-state index < -0.39 is 0 Å². The van der Waals surface area contributed by atoms with E-state index in [1.807, 2.05) is 11.0 Å². The molecule has 2 aromatic rings. The average molecular weight is 243 g/mol. The summed E-state index contributed by atoms with van der Waals surface area (Å²) in [6, 6.07) is 6.22. The van der Waals surface area contributed by atoms with Crippen molar-refractivity contribution in [1.82, 2.24) is 14.9 Å². The fraction of sp³-hybridized carbons (Fsp3) is 0.429. The second-order valence-electron chi connectivity index (χ2n) is 4.95. The lowest BCUT2D eigenvalue weighted by Gasteiger charge is -2.30. The topological polar surface area (TPSA) is 49.0 Å². The lowest BCUT2D eigenvalue weighted by Crippen LogP contribution is -2.36. The van der Waals surface area contributed by atoms with Crippen LogP contribution in [0, 0.1) is 0 Å². The highest BCUT2D eigenvalue weighted by Crippen LogP contribution is 2.29. The Morgan fingerprint density at radius 2 is 2.22 bits per heavy atom. The van der Waals surface area contributed by atoms with E-state index in [1.54, 1.807) is 13.1 Å². The van der Waals surface area contributed by atoms with E-state index in [2.05, 4.69) is 22.1 Å². The molecule has 0 bridgehead atoms. The van der Waals surface area contributed by atoms with Crippen molar-refractivity contribution in [2.75, 3.05) is 13.1 Å². The number of hydrogen-bond acceptors (Lipinski definition) is 2. The quantitative estimate of drug-likeness (QED) is 0.835. The molecule has 3 rings (SSSR count). The maximum Gasteiger partial charge on any atom is 0.219 e. The van der Waals surface area contributed by atoms with Crippen LogP contribution in [-0.4, -0.2) is 33.9 Å². The Hall–Kier alpha value is -1.84. The van der Waals surface area contributed by atoms with E-state index in [0.29, 0.717) is 5.92 Å². The van der Waals surface area contributed by atoms with Crippen LogP contribution in [0.15, 0.2) is 24.4 Å². The van der Waals surface area contributed by atoms with Crippen LogP contribution in [0.2, 0.25) is 0 Å². The first-order valence-electron chi connectivity index (χ1n) is 6.43. The highest BCUT2D eigenvalue weighted by Gasteiger charge is 2.23. The Morgan fingerprint density at radius 3 is 2.89 bits per heavy atom. The highest BCUT2D eigenvalue weighted by molar-refractivity contribution is 5.76. The van der Waals surface area contributed by atoms with Gasteiger partial charge in [0.15, 0.2) is 0 Å². The highest BCUT2D eigenvalue weighted by atomic mass is 16.2. The van der Waals surface area contributed by atoms with E-state index in [0.717, 1.165) is 31.6 Å². The molecule has 1 aliphatic heterocycles. The van der Waals surface area contributed by atoms with Gasteiger partial charge >= 0.3 is 0 Å². The number of pyridine rings is 1. The molecule has 1 aliphatic rings. The summed E-state index contributed by atoms with van der Waals surface area (Å²) in [6.45, 7) is 3.37. The Balaban J connectivity index is 1.78. The number of piperidine rings is 1. The Bertz CT molecular complexity index is 534. The van der Waals surface area contributed by atoms with Gasteiger partial charge in [0.1, 0.15) is 5.65 Å². The lowest BCUT2D eigenvalue weighted by molar-refractivity contribution is -0.129. The van der Waals surface area contributed by atoms with E-state index in [4.69, 9.17) is 0 Å². The van der Waals surface area contributed by atoms with Crippen molar-refractivity contribution in [1.29, 1.82) is 0 Å². The van der Waals surface area contributed by atoms with Gasteiger partial charge in [-0.05, 0) is 31.0 Å². The number of carbonyl (C=O) groups excluding carboxylic acids is 1. The molecule has 1 saturated heterocycles. The van der Waals surface area contributed by atoms with Gasteiger partial charge in [0.05, 0.1) is 0 Å². The number of aromatic nitrogens is 2. The molecule has 0 spiro atoms. The molecule has 0 atom stereocenters. The van der Waals surface area contributed by atoms with Gasteiger partial charge in [-0.3, -0.25) is 4.79 Å². The molecule has 1 amide bonds. The Kier molecular flexibility index (Phi) is 2.78. The van der Waals surface area contributed by atoms with Gasteiger partial charge in [-0.2, -0.15) is 0 Å². The number of nitrogens with one attached hydrogen (secondary N) is 1. The molecule has 1 N–H and O–H groups in total. The summed E-state index contributed by atoms with van der Waals surface area (Å²) in [7, 11) is 0. The zero-order valence-electron chi connectivity index (χ0n) is 10.5. The number of nitrogens with zero attached hydrogens (tertiary/aromatic N) is 2. The SMILES string of the molecule is CC(=O)N1CCC(c2cc3cccnc3[nH]2)CC1. The summed E-state index contributed by atoms with van der Waals surface area (Å²) in [4.78, 5) is 20.9. The van der Waals surface area contributed by atoms with Gasteiger partial charge in [0, 0.05) is 43.2 Å². The third-order valence-electron chi connectivity index (χ3n) is 3.79. The van der Waals surface area contributed by atoms with Crippen molar-refractivity contribution in [3.8, 4) is 0 Å². The van der Waals surface area contributed by atoms with Gasteiger partial charge in [-0.25, -0.2) is 4.98 Å².